The van der Waals surface area contributed by atoms with Gasteiger partial charge in [-0.3, -0.25) is 4.90 Å². The lowest BCUT2D eigenvalue weighted by molar-refractivity contribution is 0.316. The number of rotatable bonds is 4. The maximum atomic E-state index is 6.05. The molecular formula is C13H14Cl2N2O. The maximum Gasteiger partial charge on any atom is 0.135 e. The average Bonchev–Trinajstić information content (AvgIpc) is 2.69. The molecule has 0 saturated carbocycles. The lowest BCUT2D eigenvalue weighted by Gasteiger charge is -2.16. The zero-order valence-corrected chi connectivity index (χ0v) is 11.8. The van der Waals surface area contributed by atoms with E-state index in [0.29, 0.717) is 16.9 Å². The van der Waals surface area contributed by atoms with Crippen molar-refractivity contribution in [2.24, 2.45) is 0 Å². The van der Waals surface area contributed by atoms with Crippen molar-refractivity contribution in [3.63, 3.8) is 0 Å². The second-order valence-corrected chi connectivity index (χ2v) is 5.00. The molecule has 0 aromatic carbocycles. The molecule has 0 radical (unpaired) electrons. The van der Waals surface area contributed by atoms with Gasteiger partial charge >= 0.3 is 0 Å². The van der Waals surface area contributed by atoms with Crippen molar-refractivity contribution >= 4 is 23.2 Å². The van der Waals surface area contributed by atoms with E-state index in [2.05, 4.69) is 9.88 Å². The molecule has 2 aromatic rings. The van der Waals surface area contributed by atoms with Gasteiger partial charge in [0.25, 0.3) is 0 Å². The number of nitrogens with zero attached hydrogens (tertiary/aromatic N) is 2. The smallest absolute Gasteiger partial charge is 0.135 e. The van der Waals surface area contributed by atoms with E-state index in [0.717, 1.165) is 17.9 Å². The van der Waals surface area contributed by atoms with Crippen LogP contribution in [-0.2, 0) is 13.1 Å². The molecule has 2 rings (SSSR count). The van der Waals surface area contributed by atoms with Gasteiger partial charge < -0.3 is 4.42 Å². The van der Waals surface area contributed by atoms with Crippen molar-refractivity contribution in [1.29, 1.82) is 0 Å². The van der Waals surface area contributed by atoms with Crippen LogP contribution in [0.15, 0.2) is 28.9 Å². The van der Waals surface area contributed by atoms with Gasteiger partial charge in [0.05, 0.1) is 6.26 Å². The van der Waals surface area contributed by atoms with E-state index in [4.69, 9.17) is 27.6 Å². The quantitative estimate of drug-likeness (QED) is 0.797. The highest BCUT2D eigenvalue weighted by atomic mass is 35.5. The van der Waals surface area contributed by atoms with E-state index in [1.807, 2.05) is 26.1 Å². The third-order valence-corrected chi connectivity index (χ3v) is 3.28. The van der Waals surface area contributed by atoms with Crippen LogP contribution in [0.3, 0.4) is 0 Å². The van der Waals surface area contributed by atoms with Crippen molar-refractivity contribution < 1.29 is 4.42 Å². The molecule has 0 aliphatic carbocycles. The van der Waals surface area contributed by atoms with Crippen LogP contribution in [0.25, 0.3) is 0 Å². The van der Waals surface area contributed by atoms with Crippen LogP contribution in [0.1, 0.15) is 16.9 Å². The molecule has 0 spiro atoms. The normalized spacial score (nSPS) is 11.2. The number of furan rings is 1. The number of halogens is 2. The van der Waals surface area contributed by atoms with Crippen LogP contribution in [0.2, 0.25) is 10.3 Å². The predicted octanol–water partition coefficient (Wildman–Crippen LogP) is 3.92. The Morgan fingerprint density at radius 2 is 1.89 bits per heavy atom. The maximum absolute atomic E-state index is 6.05. The topological polar surface area (TPSA) is 29.3 Å². The summed E-state index contributed by atoms with van der Waals surface area (Å²) in [7, 11) is 2.03. The Kier molecular flexibility index (Phi) is 4.27. The molecule has 0 amide bonds. The minimum atomic E-state index is 0.414. The van der Waals surface area contributed by atoms with Crippen LogP contribution >= 0.6 is 23.2 Å². The van der Waals surface area contributed by atoms with Crippen molar-refractivity contribution in [1.82, 2.24) is 9.88 Å². The summed E-state index contributed by atoms with van der Waals surface area (Å²) < 4.78 is 5.27. The molecule has 18 heavy (non-hydrogen) atoms. The van der Waals surface area contributed by atoms with E-state index >= 15 is 0 Å². The molecule has 3 nitrogen and oxygen atoms in total. The van der Waals surface area contributed by atoms with Gasteiger partial charge in [-0.1, -0.05) is 29.3 Å². The van der Waals surface area contributed by atoms with Gasteiger partial charge in [0.15, 0.2) is 0 Å². The number of hydrogen-bond donors (Lipinski definition) is 0. The van der Waals surface area contributed by atoms with Crippen molar-refractivity contribution in [3.8, 4) is 0 Å². The minimum absolute atomic E-state index is 0.414. The lowest BCUT2D eigenvalue weighted by Crippen LogP contribution is -2.17. The number of aryl methyl sites for hydroxylation is 1. The molecule has 2 heterocycles. The Hall–Kier alpha value is -1.03. The largest absolute Gasteiger partial charge is 0.469 e. The van der Waals surface area contributed by atoms with Crippen molar-refractivity contribution in [2.75, 3.05) is 7.05 Å². The van der Waals surface area contributed by atoms with Crippen molar-refractivity contribution in [3.05, 3.63) is 51.7 Å². The van der Waals surface area contributed by atoms with Crippen LogP contribution < -0.4 is 0 Å². The Labute approximate surface area is 116 Å². The third-order valence-electron chi connectivity index (χ3n) is 2.74. The van der Waals surface area contributed by atoms with Gasteiger partial charge in [0.2, 0.25) is 0 Å². The summed E-state index contributed by atoms with van der Waals surface area (Å²) in [5.41, 5.74) is 2.14. The lowest BCUT2D eigenvalue weighted by atomic mass is 10.2. The molecular weight excluding hydrogens is 271 g/mol. The van der Waals surface area contributed by atoms with Crippen LogP contribution in [0.4, 0.5) is 0 Å². The number of hydrogen-bond acceptors (Lipinski definition) is 3. The summed E-state index contributed by atoms with van der Waals surface area (Å²) in [6.07, 6.45) is 1.70. The van der Waals surface area contributed by atoms with E-state index < -0.39 is 0 Å². The molecule has 96 valence electrons. The molecule has 0 N–H and O–H groups in total. The Balaban J connectivity index is 2.03. The van der Waals surface area contributed by atoms with Gasteiger partial charge in [-0.25, -0.2) is 4.98 Å². The van der Waals surface area contributed by atoms with E-state index in [-0.39, 0.29) is 0 Å². The molecule has 0 fully saturated rings. The molecule has 0 aliphatic heterocycles. The third kappa shape index (κ3) is 3.25. The molecule has 5 heteroatoms. The number of pyridine rings is 1. The highest BCUT2D eigenvalue weighted by Gasteiger charge is 2.09. The Morgan fingerprint density at radius 3 is 2.50 bits per heavy atom. The van der Waals surface area contributed by atoms with Crippen LogP contribution in [0.5, 0.6) is 0 Å². The molecule has 0 aliphatic rings. The fourth-order valence-corrected chi connectivity index (χ4v) is 2.18. The summed E-state index contributed by atoms with van der Waals surface area (Å²) in [6.45, 7) is 3.48. The Bertz CT molecular complexity index is 540. The van der Waals surface area contributed by atoms with E-state index in [1.54, 1.807) is 12.3 Å². The van der Waals surface area contributed by atoms with Crippen LogP contribution in [-0.4, -0.2) is 16.9 Å². The summed E-state index contributed by atoms with van der Waals surface area (Å²) in [5.74, 6) is 0.946. The first-order chi connectivity index (χ1) is 8.56. The molecule has 0 unspecified atom stereocenters. The summed E-state index contributed by atoms with van der Waals surface area (Å²) in [6, 6.07) is 5.63. The average molecular weight is 285 g/mol. The van der Waals surface area contributed by atoms with Crippen LogP contribution in [0, 0.1) is 6.92 Å². The first-order valence-electron chi connectivity index (χ1n) is 5.58. The predicted molar refractivity (Wildman–Crippen MR) is 72.9 cm³/mol. The fraction of sp³-hybridized carbons (Fsp3) is 0.308. The second-order valence-electron chi connectivity index (χ2n) is 4.26. The molecule has 0 saturated heterocycles. The zero-order chi connectivity index (χ0) is 13.1. The summed E-state index contributed by atoms with van der Waals surface area (Å²) in [4.78, 5) is 6.17. The minimum Gasteiger partial charge on any atom is -0.469 e. The van der Waals surface area contributed by atoms with Gasteiger partial charge in [0.1, 0.15) is 16.1 Å². The molecule has 0 bridgehead atoms. The summed E-state index contributed by atoms with van der Waals surface area (Å²) in [5, 5.41) is 0.871. The highest BCUT2D eigenvalue weighted by Crippen LogP contribution is 2.19. The Morgan fingerprint density at radius 1 is 1.17 bits per heavy atom. The van der Waals surface area contributed by atoms with E-state index in [9.17, 15) is 0 Å². The molecule has 0 atom stereocenters. The van der Waals surface area contributed by atoms with Gasteiger partial charge in [-0.05, 0) is 26.1 Å². The fourth-order valence-electron chi connectivity index (χ4n) is 1.77. The van der Waals surface area contributed by atoms with Gasteiger partial charge in [-0.15, -0.1) is 0 Å². The standard InChI is InChI=1S/C13H14Cl2N2O/c1-9-10(5-6-18-9)7-17(2)8-11-3-4-12(14)16-13(11)15/h3-6H,7-8H2,1-2H3. The highest BCUT2D eigenvalue weighted by molar-refractivity contribution is 6.32. The van der Waals surface area contributed by atoms with E-state index in [1.165, 1.54) is 5.56 Å². The number of aromatic nitrogens is 1. The second kappa shape index (κ2) is 5.74. The summed E-state index contributed by atoms with van der Waals surface area (Å²) >= 11 is 11.8. The zero-order valence-electron chi connectivity index (χ0n) is 10.3. The molecule has 2 aromatic heterocycles. The van der Waals surface area contributed by atoms with Gasteiger partial charge in [0, 0.05) is 24.2 Å². The van der Waals surface area contributed by atoms with Gasteiger partial charge in [-0.2, -0.15) is 0 Å². The first-order valence-corrected chi connectivity index (χ1v) is 6.34. The monoisotopic (exact) mass is 284 g/mol. The first kappa shape index (κ1) is 13.4. The SMILES string of the molecule is Cc1occc1CN(C)Cc1ccc(Cl)nc1Cl. The van der Waals surface area contributed by atoms with Crippen molar-refractivity contribution in [2.45, 2.75) is 20.0 Å².